The van der Waals surface area contributed by atoms with Gasteiger partial charge < -0.3 is 18.2 Å². The molecule has 0 aliphatic carbocycles. The van der Waals surface area contributed by atoms with E-state index in [1.54, 1.807) is 33.2 Å². The van der Waals surface area contributed by atoms with Crippen molar-refractivity contribution in [3.8, 4) is 0 Å². The van der Waals surface area contributed by atoms with Crippen LogP contribution in [0, 0.1) is 0 Å². The van der Waals surface area contributed by atoms with Crippen LogP contribution < -0.4 is 4.90 Å². The van der Waals surface area contributed by atoms with Crippen molar-refractivity contribution in [2.75, 3.05) is 32.8 Å². The number of carbonyl (C=O) groups excluding carboxylic acids is 1. The number of carbonyl (C=O) groups is 1. The van der Waals surface area contributed by atoms with Crippen LogP contribution in [0.5, 0.6) is 0 Å². The van der Waals surface area contributed by atoms with Gasteiger partial charge in [-0.25, -0.2) is 0 Å². The lowest BCUT2D eigenvalue weighted by molar-refractivity contribution is -0.115. The molecule has 1 aromatic carbocycles. The lowest BCUT2D eigenvalue weighted by Crippen LogP contribution is -2.43. The zero-order valence-corrected chi connectivity index (χ0v) is 14.8. The first-order chi connectivity index (χ1) is 10.5. The molecule has 0 heterocycles. The summed E-state index contributed by atoms with van der Waals surface area (Å²) in [5, 5.41) is 0. The summed E-state index contributed by atoms with van der Waals surface area (Å²) >= 11 is 0. The molecule has 0 aromatic heterocycles. The quantitative estimate of drug-likeness (QED) is 0.518. The van der Waals surface area contributed by atoms with Gasteiger partial charge in [-0.2, -0.15) is 0 Å². The number of hydrogen-bond acceptors (Lipinski definition) is 4. The zero-order valence-electron chi connectivity index (χ0n) is 13.8. The molecule has 0 bridgehead atoms. The van der Waals surface area contributed by atoms with Crippen molar-refractivity contribution in [3.05, 3.63) is 42.5 Å². The third-order valence-corrected chi connectivity index (χ3v) is 6.31. The van der Waals surface area contributed by atoms with Gasteiger partial charge in [0.2, 0.25) is 0 Å². The average molecular weight is 323 g/mol. The van der Waals surface area contributed by atoms with Crippen molar-refractivity contribution >= 4 is 20.4 Å². The van der Waals surface area contributed by atoms with Crippen LogP contribution in [0.1, 0.15) is 13.3 Å². The third kappa shape index (κ3) is 4.77. The maximum absolute atomic E-state index is 12.4. The molecule has 0 N–H and O–H groups in total. The average Bonchev–Trinajstić information content (AvgIpc) is 2.56. The predicted octanol–water partition coefficient (Wildman–Crippen LogP) is 2.86. The van der Waals surface area contributed by atoms with E-state index < -0.39 is 8.80 Å². The molecule has 122 valence electrons. The Morgan fingerprint density at radius 1 is 1.14 bits per heavy atom. The first kappa shape index (κ1) is 18.6. The Morgan fingerprint density at radius 3 is 2.14 bits per heavy atom. The van der Waals surface area contributed by atoms with E-state index in [1.165, 1.54) is 0 Å². The number of para-hydroxylation sites is 1. The molecule has 22 heavy (non-hydrogen) atoms. The summed E-state index contributed by atoms with van der Waals surface area (Å²) in [6, 6.07) is 10.2. The molecular weight excluding hydrogens is 298 g/mol. The van der Waals surface area contributed by atoms with Crippen LogP contribution in [-0.4, -0.2) is 42.6 Å². The third-order valence-electron chi connectivity index (χ3n) is 3.48. The molecular formula is C16H25NO4Si. The normalized spacial score (nSPS) is 11.3. The van der Waals surface area contributed by atoms with Gasteiger partial charge in [0.05, 0.1) is 0 Å². The Kier molecular flexibility index (Phi) is 7.47. The summed E-state index contributed by atoms with van der Waals surface area (Å²) in [7, 11) is 2.16. The molecule has 6 heteroatoms. The SMILES string of the molecule is C=C(C)C(=O)N(CCC[Si](OC)(OC)OC)c1ccccc1. The highest BCUT2D eigenvalue weighted by Crippen LogP contribution is 2.20. The first-order valence-electron chi connectivity index (χ1n) is 7.17. The highest BCUT2D eigenvalue weighted by molar-refractivity contribution is 6.60. The molecule has 0 saturated heterocycles. The molecule has 0 unspecified atom stereocenters. The lowest BCUT2D eigenvalue weighted by Gasteiger charge is -2.27. The van der Waals surface area contributed by atoms with E-state index in [1.807, 2.05) is 30.3 Å². The standard InChI is InChI=1S/C16H25NO4Si/c1-14(2)16(18)17(15-10-7-6-8-11-15)12-9-13-22(19-3,20-4)21-5/h6-8,10-11H,1,9,12-13H2,2-5H3. The predicted molar refractivity (Wildman–Crippen MR) is 89.8 cm³/mol. The molecule has 0 aliphatic heterocycles. The van der Waals surface area contributed by atoms with Gasteiger partial charge in [-0.05, 0) is 25.5 Å². The van der Waals surface area contributed by atoms with Crippen LogP contribution in [0.3, 0.4) is 0 Å². The Morgan fingerprint density at radius 2 is 1.68 bits per heavy atom. The van der Waals surface area contributed by atoms with E-state index in [9.17, 15) is 4.79 Å². The largest absolute Gasteiger partial charge is 0.500 e. The van der Waals surface area contributed by atoms with Crippen LogP contribution in [0.25, 0.3) is 0 Å². The van der Waals surface area contributed by atoms with E-state index in [0.717, 1.165) is 12.1 Å². The molecule has 1 aromatic rings. The number of benzene rings is 1. The van der Waals surface area contributed by atoms with Gasteiger partial charge in [0.1, 0.15) is 0 Å². The lowest BCUT2D eigenvalue weighted by atomic mass is 10.2. The molecule has 0 radical (unpaired) electrons. The Balaban J connectivity index is 2.79. The summed E-state index contributed by atoms with van der Waals surface area (Å²) in [5.74, 6) is -0.0780. The van der Waals surface area contributed by atoms with E-state index >= 15 is 0 Å². The monoisotopic (exact) mass is 323 g/mol. The van der Waals surface area contributed by atoms with Gasteiger partial charge in [0.25, 0.3) is 5.91 Å². The van der Waals surface area contributed by atoms with Crippen molar-refractivity contribution < 1.29 is 18.1 Å². The second kappa shape index (κ2) is 8.85. The number of nitrogens with zero attached hydrogens (tertiary/aromatic N) is 1. The molecule has 0 atom stereocenters. The summed E-state index contributed by atoms with van der Waals surface area (Å²) in [6.45, 7) is 6.03. The van der Waals surface area contributed by atoms with Crippen molar-refractivity contribution in [1.82, 2.24) is 0 Å². The summed E-state index contributed by atoms with van der Waals surface area (Å²) in [4.78, 5) is 14.1. The van der Waals surface area contributed by atoms with E-state index in [0.29, 0.717) is 18.2 Å². The van der Waals surface area contributed by atoms with Gasteiger partial charge in [0, 0.05) is 45.2 Å². The zero-order chi connectivity index (χ0) is 16.6. The minimum absolute atomic E-state index is 0.0780. The van der Waals surface area contributed by atoms with Gasteiger partial charge in [-0.3, -0.25) is 4.79 Å². The summed E-state index contributed by atoms with van der Waals surface area (Å²) in [5.41, 5.74) is 1.37. The van der Waals surface area contributed by atoms with Crippen molar-refractivity contribution in [3.63, 3.8) is 0 Å². The fraction of sp³-hybridized carbons (Fsp3) is 0.438. The molecule has 0 aliphatic rings. The minimum Gasteiger partial charge on any atom is -0.377 e. The van der Waals surface area contributed by atoms with Crippen LogP contribution in [0.4, 0.5) is 5.69 Å². The van der Waals surface area contributed by atoms with Crippen molar-refractivity contribution in [1.29, 1.82) is 0 Å². The van der Waals surface area contributed by atoms with E-state index in [4.69, 9.17) is 13.3 Å². The molecule has 1 rings (SSSR count). The molecule has 1 amide bonds. The van der Waals surface area contributed by atoms with Crippen LogP contribution in [-0.2, 0) is 18.1 Å². The highest BCUT2D eigenvalue weighted by atomic mass is 28.4. The molecule has 5 nitrogen and oxygen atoms in total. The Hall–Kier alpha value is -1.47. The minimum atomic E-state index is -2.61. The van der Waals surface area contributed by atoms with Gasteiger partial charge in [0.15, 0.2) is 0 Å². The van der Waals surface area contributed by atoms with Crippen LogP contribution in [0.2, 0.25) is 6.04 Å². The number of hydrogen-bond donors (Lipinski definition) is 0. The maximum Gasteiger partial charge on any atom is 0.500 e. The van der Waals surface area contributed by atoms with Crippen LogP contribution in [0.15, 0.2) is 42.5 Å². The van der Waals surface area contributed by atoms with E-state index in [-0.39, 0.29) is 5.91 Å². The first-order valence-corrected chi connectivity index (χ1v) is 9.10. The fourth-order valence-corrected chi connectivity index (χ4v) is 3.90. The molecule has 0 spiro atoms. The van der Waals surface area contributed by atoms with E-state index in [2.05, 4.69) is 6.58 Å². The number of rotatable bonds is 9. The summed E-state index contributed by atoms with van der Waals surface area (Å²) < 4.78 is 16.2. The fourth-order valence-electron chi connectivity index (χ4n) is 2.20. The second-order valence-electron chi connectivity index (χ2n) is 4.97. The number of amides is 1. The second-order valence-corrected chi connectivity index (χ2v) is 8.06. The Bertz CT molecular complexity index is 480. The van der Waals surface area contributed by atoms with Crippen molar-refractivity contribution in [2.45, 2.75) is 19.4 Å². The topological polar surface area (TPSA) is 48.0 Å². The number of anilines is 1. The molecule has 0 saturated carbocycles. The maximum atomic E-state index is 12.4. The van der Waals surface area contributed by atoms with Gasteiger partial charge in [-0.1, -0.05) is 24.8 Å². The highest BCUT2D eigenvalue weighted by Gasteiger charge is 2.37. The van der Waals surface area contributed by atoms with Crippen molar-refractivity contribution in [2.24, 2.45) is 0 Å². The van der Waals surface area contributed by atoms with Gasteiger partial charge >= 0.3 is 8.80 Å². The van der Waals surface area contributed by atoms with Gasteiger partial charge in [-0.15, -0.1) is 0 Å². The summed E-state index contributed by atoms with van der Waals surface area (Å²) in [6.07, 6.45) is 0.718. The smallest absolute Gasteiger partial charge is 0.377 e. The molecule has 0 fully saturated rings. The van der Waals surface area contributed by atoms with Crippen LogP contribution >= 0.6 is 0 Å². The Labute approximate surface area is 133 Å².